The number of carbonyl (C=O) groups excluding carboxylic acids is 2. The Hall–Kier alpha value is -1.75. The van der Waals surface area contributed by atoms with E-state index in [-0.39, 0.29) is 11.3 Å². The van der Waals surface area contributed by atoms with Gasteiger partial charge in [0.2, 0.25) is 5.91 Å². The lowest BCUT2D eigenvalue weighted by Crippen LogP contribution is -2.29. The lowest BCUT2D eigenvalue weighted by atomic mass is 10.2. The third-order valence-corrected chi connectivity index (χ3v) is 3.20. The summed E-state index contributed by atoms with van der Waals surface area (Å²) in [6.45, 7) is 5.81. The first kappa shape index (κ1) is 15.6. The van der Waals surface area contributed by atoms with Gasteiger partial charge in [-0.05, 0) is 32.9 Å². The number of hydrogen-bond donors (Lipinski definition) is 1. The Labute approximate surface area is 129 Å². The van der Waals surface area contributed by atoms with Crippen molar-refractivity contribution in [2.75, 3.05) is 16.8 Å². The Balaban J connectivity index is 2.18. The molecular weight excluding hydrogens is 292 g/mol. The first-order valence-corrected chi connectivity index (χ1v) is 7.23. The molecule has 1 atom stereocenters. The minimum absolute atomic E-state index is 0.0477. The number of benzene rings is 1. The van der Waals surface area contributed by atoms with E-state index in [1.54, 1.807) is 43.9 Å². The molecule has 0 spiro atoms. The van der Waals surface area contributed by atoms with Crippen LogP contribution in [0.15, 0.2) is 24.3 Å². The van der Waals surface area contributed by atoms with Crippen molar-refractivity contribution in [3.05, 3.63) is 24.3 Å². The summed E-state index contributed by atoms with van der Waals surface area (Å²) >= 11 is 6.02. The minimum Gasteiger partial charge on any atom is -0.444 e. The van der Waals surface area contributed by atoms with Gasteiger partial charge in [-0.1, -0.05) is 12.1 Å². The zero-order chi connectivity index (χ0) is 15.6. The molecule has 0 radical (unpaired) electrons. The van der Waals surface area contributed by atoms with E-state index in [4.69, 9.17) is 16.3 Å². The van der Waals surface area contributed by atoms with Gasteiger partial charge < -0.3 is 9.64 Å². The van der Waals surface area contributed by atoms with Crippen molar-refractivity contribution in [1.82, 2.24) is 0 Å². The van der Waals surface area contributed by atoms with Crippen LogP contribution in [-0.2, 0) is 9.53 Å². The van der Waals surface area contributed by atoms with Crippen molar-refractivity contribution in [2.45, 2.75) is 38.2 Å². The van der Waals surface area contributed by atoms with Gasteiger partial charge in [0.15, 0.2) is 0 Å². The van der Waals surface area contributed by atoms with Gasteiger partial charge >= 0.3 is 6.09 Å². The van der Waals surface area contributed by atoms with Crippen LogP contribution in [0.1, 0.15) is 27.2 Å². The van der Waals surface area contributed by atoms with Crippen molar-refractivity contribution >= 4 is 35.0 Å². The summed E-state index contributed by atoms with van der Waals surface area (Å²) in [7, 11) is 0. The molecule has 0 saturated carbocycles. The maximum atomic E-state index is 11.9. The molecule has 1 aromatic rings. The van der Waals surface area contributed by atoms with Crippen LogP contribution < -0.4 is 10.2 Å². The van der Waals surface area contributed by atoms with Gasteiger partial charge in [-0.2, -0.15) is 0 Å². The molecule has 0 aromatic heterocycles. The van der Waals surface area contributed by atoms with E-state index in [0.717, 1.165) is 0 Å². The maximum absolute atomic E-state index is 11.9. The van der Waals surface area contributed by atoms with Gasteiger partial charge in [-0.25, -0.2) is 4.79 Å². The Morgan fingerprint density at radius 2 is 2.05 bits per heavy atom. The molecule has 21 heavy (non-hydrogen) atoms. The molecular formula is C15H19ClN2O3. The molecule has 1 N–H and O–H groups in total. The molecule has 1 aliphatic heterocycles. The smallest absolute Gasteiger partial charge is 0.412 e. The molecule has 0 bridgehead atoms. The first-order chi connectivity index (χ1) is 9.76. The molecule has 1 unspecified atom stereocenters. The standard InChI is InChI=1S/C15H19ClN2O3/c1-15(2,3)21-14(20)17-11-6-4-5-7-12(11)18-9-10(16)8-13(18)19/h4-7,10H,8-9H2,1-3H3,(H,17,20). The Bertz CT molecular complexity index is 554. The number of rotatable bonds is 2. The number of alkyl halides is 1. The Morgan fingerprint density at radius 1 is 1.38 bits per heavy atom. The number of ether oxygens (including phenoxy) is 1. The van der Waals surface area contributed by atoms with Crippen LogP contribution in [0.2, 0.25) is 0 Å². The van der Waals surface area contributed by atoms with Gasteiger partial charge in [0.1, 0.15) is 5.60 Å². The van der Waals surface area contributed by atoms with Crippen LogP contribution in [0.4, 0.5) is 16.2 Å². The molecule has 1 fully saturated rings. The molecule has 6 heteroatoms. The van der Waals surface area contributed by atoms with E-state index in [0.29, 0.717) is 24.3 Å². The van der Waals surface area contributed by atoms with Gasteiger partial charge in [0, 0.05) is 13.0 Å². The predicted octanol–water partition coefficient (Wildman–Crippen LogP) is 3.38. The summed E-state index contributed by atoms with van der Waals surface area (Å²) in [5.74, 6) is -0.0477. The van der Waals surface area contributed by atoms with E-state index in [1.165, 1.54) is 0 Å². The van der Waals surface area contributed by atoms with Crippen LogP contribution in [0.25, 0.3) is 0 Å². The van der Waals surface area contributed by atoms with E-state index in [1.807, 2.05) is 6.07 Å². The van der Waals surface area contributed by atoms with E-state index >= 15 is 0 Å². The fraction of sp³-hybridized carbons (Fsp3) is 0.467. The number of hydrogen-bond acceptors (Lipinski definition) is 3. The summed E-state index contributed by atoms with van der Waals surface area (Å²) in [4.78, 5) is 25.4. The molecule has 1 aliphatic rings. The second-order valence-electron chi connectivity index (χ2n) is 5.95. The number of halogens is 1. The summed E-state index contributed by atoms with van der Waals surface area (Å²) in [5.41, 5.74) is 0.589. The number of para-hydroxylation sites is 2. The third-order valence-electron chi connectivity index (χ3n) is 2.91. The minimum atomic E-state index is -0.580. The highest BCUT2D eigenvalue weighted by Crippen LogP contribution is 2.31. The van der Waals surface area contributed by atoms with Crippen molar-refractivity contribution in [3.63, 3.8) is 0 Å². The quantitative estimate of drug-likeness (QED) is 0.852. The molecule has 2 rings (SSSR count). The van der Waals surface area contributed by atoms with Crippen LogP contribution in [0.3, 0.4) is 0 Å². The number of amides is 2. The molecule has 1 saturated heterocycles. The lowest BCUT2D eigenvalue weighted by molar-refractivity contribution is -0.117. The first-order valence-electron chi connectivity index (χ1n) is 6.80. The topological polar surface area (TPSA) is 58.6 Å². The van der Waals surface area contributed by atoms with Crippen molar-refractivity contribution in [1.29, 1.82) is 0 Å². The SMILES string of the molecule is CC(C)(C)OC(=O)Nc1ccccc1N1CC(Cl)CC1=O. The highest BCUT2D eigenvalue weighted by atomic mass is 35.5. The van der Waals surface area contributed by atoms with Crippen molar-refractivity contribution < 1.29 is 14.3 Å². The lowest BCUT2D eigenvalue weighted by Gasteiger charge is -2.23. The average molecular weight is 311 g/mol. The van der Waals surface area contributed by atoms with Gasteiger partial charge in [0.25, 0.3) is 0 Å². The summed E-state index contributed by atoms with van der Waals surface area (Å²) < 4.78 is 5.23. The van der Waals surface area contributed by atoms with Gasteiger partial charge in [0.05, 0.1) is 16.8 Å². The van der Waals surface area contributed by atoms with Crippen molar-refractivity contribution in [3.8, 4) is 0 Å². The number of nitrogens with one attached hydrogen (secondary N) is 1. The highest BCUT2D eigenvalue weighted by molar-refractivity contribution is 6.24. The molecule has 5 nitrogen and oxygen atoms in total. The molecule has 1 heterocycles. The Kier molecular flexibility index (Phi) is 4.42. The summed E-state index contributed by atoms with van der Waals surface area (Å²) in [6, 6.07) is 7.10. The van der Waals surface area contributed by atoms with Crippen molar-refractivity contribution in [2.24, 2.45) is 0 Å². The van der Waals surface area contributed by atoms with Crippen LogP contribution in [-0.4, -0.2) is 29.5 Å². The molecule has 0 aliphatic carbocycles. The second kappa shape index (κ2) is 5.93. The van der Waals surface area contributed by atoms with Gasteiger partial charge in [-0.3, -0.25) is 10.1 Å². The Morgan fingerprint density at radius 3 is 2.62 bits per heavy atom. The fourth-order valence-electron chi connectivity index (χ4n) is 2.13. The largest absolute Gasteiger partial charge is 0.444 e. The molecule has 114 valence electrons. The average Bonchev–Trinajstić information content (AvgIpc) is 2.66. The number of anilines is 2. The number of nitrogens with zero attached hydrogens (tertiary/aromatic N) is 1. The number of carbonyl (C=O) groups is 2. The second-order valence-corrected chi connectivity index (χ2v) is 6.57. The van der Waals surface area contributed by atoms with Crippen LogP contribution in [0.5, 0.6) is 0 Å². The predicted molar refractivity (Wildman–Crippen MR) is 82.9 cm³/mol. The molecule has 2 amide bonds. The van der Waals surface area contributed by atoms with E-state index < -0.39 is 11.7 Å². The zero-order valence-corrected chi connectivity index (χ0v) is 13.1. The monoisotopic (exact) mass is 310 g/mol. The maximum Gasteiger partial charge on any atom is 0.412 e. The fourth-order valence-corrected chi connectivity index (χ4v) is 2.40. The molecule has 1 aromatic carbocycles. The zero-order valence-electron chi connectivity index (χ0n) is 12.4. The van der Waals surface area contributed by atoms with E-state index in [9.17, 15) is 9.59 Å². The van der Waals surface area contributed by atoms with Gasteiger partial charge in [-0.15, -0.1) is 11.6 Å². The summed E-state index contributed by atoms with van der Waals surface area (Å²) in [5, 5.41) is 2.48. The summed E-state index contributed by atoms with van der Waals surface area (Å²) in [6.07, 6.45) is -0.244. The van der Waals surface area contributed by atoms with E-state index in [2.05, 4.69) is 5.32 Å². The highest BCUT2D eigenvalue weighted by Gasteiger charge is 2.30. The third kappa shape index (κ3) is 4.11. The van der Waals surface area contributed by atoms with Crippen LogP contribution in [0, 0.1) is 0 Å². The normalized spacial score (nSPS) is 18.8. The van der Waals surface area contributed by atoms with Crippen LogP contribution >= 0.6 is 11.6 Å².